The van der Waals surface area contributed by atoms with E-state index in [1.807, 2.05) is 32.9 Å². The van der Waals surface area contributed by atoms with Crippen molar-refractivity contribution in [3.05, 3.63) is 35.4 Å². The van der Waals surface area contributed by atoms with Gasteiger partial charge in [0.1, 0.15) is 0 Å². The van der Waals surface area contributed by atoms with Crippen LogP contribution in [0.2, 0.25) is 0 Å². The summed E-state index contributed by atoms with van der Waals surface area (Å²) in [5.74, 6) is 0.231. The Morgan fingerprint density at radius 2 is 1.73 bits per heavy atom. The van der Waals surface area contributed by atoms with Crippen LogP contribution < -0.4 is 0 Å². The zero-order valence-electron chi connectivity index (χ0n) is 10.2. The fourth-order valence-corrected chi connectivity index (χ4v) is 1.63. The van der Waals surface area contributed by atoms with Crippen molar-refractivity contribution in [3.8, 4) is 0 Å². The topological polar surface area (TPSA) is 20.2 Å². The van der Waals surface area contributed by atoms with Gasteiger partial charge in [0, 0.05) is 0 Å². The molecule has 0 heterocycles. The minimum Gasteiger partial charge on any atom is -0.385 e. The molecular formula is C14H22O. The summed E-state index contributed by atoms with van der Waals surface area (Å²) >= 11 is 0. The molecule has 0 saturated heterocycles. The highest BCUT2D eigenvalue weighted by Gasteiger charge is 2.26. The van der Waals surface area contributed by atoms with Gasteiger partial charge in [-0.1, -0.05) is 51.5 Å². The normalized spacial score (nSPS) is 15.3. The second-order valence-electron chi connectivity index (χ2n) is 4.75. The molecule has 1 aromatic carbocycles. The lowest BCUT2D eigenvalue weighted by molar-refractivity contribution is 0.00904. The molecule has 84 valence electrons. The molecule has 1 unspecified atom stereocenters. The van der Waals surface area contributed by atoms with Crippen LogP contribution >= 0.6 is 0 Å². The van der Waals surface area contributed by atoms with Gasteiger partial charge in [-0.2, -0.15) is 0 Å². The van der Waals surface area contributed by atoms with Gasteiger partial charge >= 0.3 is 0 Å². The minimum absolute atomic E-state index is 0.231. The molecule has 0 fully saturated rings. The van der Waals surface area contributed by atoms with E-state index in [4.69, 9.17) is 0 Å². The minimum atomic E-state index is -0.718. The predicted octanol–water partition coefficient (Wildman–Crippen LogP) is 3.50. The number of aryl methyl sites for hydroxylation is 1. The molecule has 0 aliphatic heterocycles. The van der Waals surface area contributed by atoms with Gasteiger partial charge in [-0.05, 0) is 30.4 Å². The molecule has 0 radical (unpaired) electrons. The molecule has 1 atom stereocenters. The van der Waals surface area contributed by atoms with Crippen LogP contribution in [0.1, 0.15) is 45.2 Å². The van der Waals surface area contributed by atoms with Gasteiger partial charge in [-0.15, -0.1) is 0 Å². The lowest BCUT2D eigenvalue weighted by atomic mass is 9.85. The SMILES string of the molecule is CCCc1ccc(C(C)(O)C(C)C)cc1. The first kappa shape index (κ1) is 12.3. The molecular weight excluding hydrogens is 184 g/mol. The van der Waals surface area contributed by atoms with E-state index in [1.165, 1.54) is 12.0 Å². The van der Waals surface area contributed by atoms with Gasteiger partial charge in [-0.25, -0.2) is 0 Å². The fraction of sp³-hybridized carbons (Fsp3) is 0.571. The van der Waals surface area contributed by atoms with Crippen LogP contribution in [0.3, 0.4) is 0 Å². The van der Waals surface area contributed by atoms with E-state index in [0.29, 0.717) is 0 Å². The Morgan fingerprint density at radius 3 is 2.13 bits per heavy atom. The Bertz CT molecular complexity index is 296. The van der Waals surface area contributed by atoms with Crippen molar-refractivity contribution in [3.63, 3.8) is 0 Å². The number of benzene rings is 1. The van der Waals surface area contributed by atoms with Crippen molar-refractivity contribution in [1.82, 2.24) is 0 Å². The van der Waals surface area contributed by atoms with Crippen molar-refractivity contribution in [2.24, 2.45) is 5.92 Å². The molecule has 1 nitrogen and oxygen atoms in total. The van der Waals surface area contributed by atoms with E-state index < -0.39 is 5.60 Å². The first-order valence-corrected chi connectivity index (χ1v) is 5.80. The average Bonchev–Trinajstić information content (AvgIpc) is 2.19. The smallest absolute Gasteiger partial charge is 0.0891 e. The number of hydrogen-bond donors (Lipinski definition) is 1. The van der Waals surface area contributed by atoms with Gasteiger partial charge in [-0.3, -0.25) is 0 Å². The average molecular weight is 206 g/mol. The molecule has 1 heteroatoms. The van der Waals surface area contributed by atoms with Crippen molar-refractivity contribution in [1.29, 1.82) is 0 Å². The quantitative estimate of drug-likeness (QED) is 0.799. The zero-order chi connectivity index (χ0) is 11.5. The van der Waals surface area contributed by atoms with E-state index >= 15 is 0 Å². The molecule has 0 amide bonds. The van der Waals surface area contributed by atoms with E-state index in [2.05, 4.69) is 19.1 Å². The molecule has 1 rings (SSSR count). The molecule has 0 saturated carbocycles. The van der Waals surface area contributed by atoms with E-state index in [1.54, 1.807) is 0 Å². The molecule has 15 heavy (non-hydrogen) atoms. The van der Waals surface area contributed by atoms with Crippen LogP contribution in [0.5, 0.6) is 0 Å². The standard InChI is InChI=1S/C14H22O/c1-5-6-12-7-9-13(10-8-12)14(4,15)11(2)3/h7-11,15H,5-6H2,1-4H3. The molecule has 0 bridgehead atoms. The third-order valence-electron chi connectivity index (χ3n) is 3.20. The summed E-state index contributed by atoms with van der Waals surface area (Å²) in [4.78, 5) is 0. The van der Waals surface area contributed by atoms with Gasteiger partial charge in [0.25, 0.3) is 0 Å². The van der Waals surface area contributed by atoms with Gasteiger partial charge < -0.3 is 5.11 Å². The Hall–Kier alpha value is -0.820. The molecule has 0 aliphatic rings. The highest BCUT2D eigenvalue weighted by atomic mass is 16.3. The molecule has 0 aliphatic carbocycles. The van der Waals surface area contributed by atoms with Crippen LogP contribution in [0, 0.1) is 5.92 Å². The third kappa shape index (κ3) is 2.82. The summed E-state index contributed by atoms with van der Waals surface area (Å²) in [6, 6.07) is 8.33. The Labute approximate surface area is 93.1 Å². The second kappa shape index (κ2) is 4.80. The van der Waals surface area contributed by atoms with E-state index in [-0.39, 0.29) is 5.92 Å². The van der Waals surface area contributed by atoms with Crippen molar-refractivity contribution < 1.29 is 5.11 Å². The van der Waals surface area contributed by atoms with E-state index in [9.17, 15) is 5.11 Å². The summed E-state index contributed by atoms with van der Waals surface area (Å²) in [5.41, 5.74) is 1.64. The monoisotopic (exact) mass is 206 g/mol. The predicted molar refractivity (Wildman–Crippen MR) is 64.8 cm³/mol. The van der Waals surface area contributed by atoms with Gasteiger partial charge in [0.15, 0.2) is 0 Å². The van der Waals surface area contributed by atoms with Gasteiger partial charge in [0.05, 0.1) is 5.60 Å². The summed E-state index contributed by atoms with van der Waals surface area (Å²) < 4.78 is 0. The Morgan fingerprint density at radius 1 is 1.20 bits per heavy atom. The van der Waals surface area contributed by atoms with Gasteiger partial charge in [0.2, 0.25) is 0 Å². The highest BCUT2D eigenvalue weighted by Crippen LogP contribution is 2.28. The largest absolute Gasteiger partial charge is 0.385 e. The Balaban J connectivity index is 2.88. The van der Waals surface area contributed by atoms with Crippen LogP contribution in [0.15, 0.2) is 24.3 Å². The second-order valence-corrected chi connectivity index (χ2v) is 4.75. The molecule has 0 spiro atoms. The lowest BCUT2D eigenvalue weighted by Gasteiger charge is -2.28. The first-order chi connectivity index (χ1) is 6.98. The first-order valence-electron chi connectivity index (χ1n) is 5.80. The summed E-state index contributed by atoms with van der Waals surface area (Å²) in [6.07, 6.45) is 2.28. The number of rotatable bonds is 4. The Kier molecular flexibility index (Phi) is 3.92. The summed E-state index contributed by atoms with van der Waals surface area (Å²) in [5, 5.41) is 10.3. The molecule has 0 aromatic heterocycles. The maximum atomic E-state index is 10.3. The zero-order valence-corrected chi connectivity index (χ0v) is 10.2. The molecule has 1 N–H and O–H groups in total. The lowest BCUT2D eigenvalue weighted by Crippen LogP contribution is -2.27. The van der Waals surface area contributed by atoms with Crippen LogP contribution in [-0.2, 0) is 12.0 Å². The molecule has 1 aromatic rings. The summed E-state index contributed by atoms with van der Waals surface area (Å²) in [6.45, 7) is 8.14. The van der Waals surface area contributed by atoms with Crippen molar-refractivity contribution in [2.45, 2.75) is 46.1 Å². The number of hydrogen-bond acceptors (Lipinski definition) is 1. The van der Waals surface area contributed by atoms with Crippen molar-refractivity contribution in [2.75, 3.05) is 0 Å². The number of aliphatic hydroxyl groups is 1. The fourth-order valence-electron chi connectivity index (χ4n) is 1.63. The van der Waals surface area contributed by atoms with Crippen molar-refractivity contribution >= 4 is 0 Å². The maximum absolute atomic E-state index is 10.3. The third-order valence-corrected chi connectivity index (χ3v) is 3.20. The summed E-state index contributed by atoms with van der Waals surface area (Å²) in [7, 11) is 0. The van der Waals surface area contributed by atoms with Crippen LogP contribution in [0.4, 0.5) is 0 Å². The maximum Gasteiger partial charge on any atom is 0.0891 e. The van der Waals surface area contributed by atoms with Crippen LogP contribution in [-0.4, -0.2) is 5.11 Å². The van der Waals surface area contributed by atoms with Crippen LogP contribution in [0.25, 0.3) is 0 Å². The highest BCUT2D eigenvalue weighted by molar-refractivity contribution is 5.27. The van der Waals surface area contributed by atoms with E-state index in [0.717, 1.165) is 12.0 Å².